The highest BCUT2D eigenvalue weighted by molar-refractivity contribution is 6.30. The van der Waals surface area contributed by atoms with Crippen LogP contribution in [0.15, 0.2) is 18.2 Å². The molecular weight excluding hydrogens is 215 g/mol. The predicted molar refractivity (Wildman–Crippen MR) is 49.1 cm³/mol. The van der Waals surface area contributed by atoms with Crippen LogP contribution in [0.4, 0.5) is 13.2 Å². The molecule has 0 bridgehead atoms. The number of benzene rings is 1. The van der Waals surface area contributed by atoms with Crippen LogP contribution in [-0.2, 0) is 6.42 Å². The van der Waals surface area contributed by atoms with Gasteiger partial charge in [-0.3, -0.25) is 0 Å². The summed E-state index contributed by atoms with van der Waals surface area (Å²) in [4.78, 5) is 0. The summed E-state index contributed by atoms with van der Waals surface area (Å²) in [5.41, 5.74) is 5.04. The summed E-state index contributed by atoms with van der Waals surface area (Å²) >= 11 is 5.40. The topological polar surface area (TPSA) is 26.0 Å². The van der Waals surface area contributed by atoms with Gasteiger partial charge in [-0.05, 0) is 17.7 Å². The smallest absolute Gasteiger partial charge is 0.264 e. The Bertz CT molecular complexity index is 328. The van der Waals surface area contributed by atoms with Crippen LogP contribution in [0.3, 0.4) is 0 Å². The number of nitrogens with two attached hydrogens (primary N) is 1. The molecule has 2 N–H and O–H groups in total. The highest BCUT2D eigenvalue weighted by Crippen LogP contribution is 2.22. The normalized spacial score (nSPS) is 11.8. The molecule has 5 heteroatoms. The molecule has 0 fully saturated rings. The summed E-state index contributed by atoms with van der Waals surface area (Å²) in [6, 6.07) is 3.60. The van der Waals surface area contributed by atoms with Crippen LogP contribution in [0.2, 0.25) is 5.02 Å². The first-order chi connectivity index (χ1) is 6.44. The molecule has 14 heavy (non-hydrogen) atoms. The number of hydrogen-bond acceptors (Lipinski definition) is 1. The molecule has 0 radical (unpaired) electrons. The van der Waals surface area contributed by atoms with Crippen LogP contribution < -0.4 is 5.73 Å². The van der Waals surface area contributed by atoms with E-state index in [1.807, 2.05) is 0 Å². The van der Waals surface area contributed by atoms with Gasteiger partial charge in [-0.2, -0.15) is 0 Å². The summed E-state index contributed by atoms with van der Waals surface area (Å²) in [6.45, 7) is -0.753. The molecule has 1 rings (SSSR count). The molecule has 0 saturated carbocycles. The van der Waals surface area contributed by atoms with E-state index in [1.165, 1.54) is 12.1 Å². The van der Waals surface area contributed by atoms with Crippen molar-refractivity contribution in [1.82, 2.24) is 0 Å². The van der Waals surface area contributed by atoms with Gasteiger partial charge in [-0.25, -0.2) is 13.2 Å². The molecule has 1 aromatic rings. The zero-order chi connectivity index (χ0) is 10.8. The monoisotopic (exact) mass is 223 g/mol. The lowest BCUT2D eigenvalue weighted by Gasteiger charge is -2.13. The molecule has 78 valence electrons. The molecule has 0 aromatic heterocycles. The molecule has 1 aromatic carbocycles. The summed E-state index contributed by atoms with van der Waals surface area (Å²) in [7, 11) is 0. The van der Waals surface area contributed by atoms with Crippen LogP contribution in [0, 0.1) is 5.82 Å². The molecule has 0 heterocycles. The van der Waals surface area contributed by atoms with Gasteiger partial charge in [0.15, 0.2) is 0 Å². The van der Waals surface area contributed by atoms with Crippen LogP contribution in [0.25, 0.3) is 0 Å². The van der Waals surface area contributed by atoms with Gasteiger partial charge in [-0.1, -0.05) is 17.7 Å². The summed E-state index contributed by atoms with van der Waals surface area (Å²) in [5, 5.41) is -0.0789. The van der Waals surface area contributed by atoms with Gasteiger partial charge in [0.25, 0.3) is 5.92 Å². The fourth-order valence-corrected chi connectivity index (χ4v) is 1.14. The first-order valence-corrected chi connectivity index (χ1v) is 4.34. The van der Waals surface area contributed by atoms with E-state index in [-0.39, 0.29) is 10.6 Å². The van der Waals surface area contributed by atoms with Crippen molar-refractivity contribution >= 4 is 11.6 Å². The van der Waals surface area contributed by atoms with Crippen LogP contribution in [0.1, 0.15) is 5.56 Å². The zero-order valence-electron chi connectivity index (χ0n) is 7.24. The van der Waals surface area contributed by atoms with E-state index in [0.717, 1.165) is 6.07 Å². The molecule has 0 atom stereocenters. The van der Waals surface area contributed by atoms with E-state index in [4.69, 9.17) is 17.3 Å². The quantitative estimate of drug-likeness (QED) is 0.838. The minimum absolute atomic E-state index is 0.0789. The fraction of sp³-hybridized carbons (Fsp3) is 0.333. The Labute approximate surface area is 84.7 Å². The lowest BCUT2D eigenvalue weighted by Crippen LogP contribution is -2.30. The average molecular weight is 224 g/mol. The summed E-state index contributed by atoms with van der Waals surface area (Å²) in [5.74, 6) is -3.70. The van der Waals surface area contributed by atoms with E-state index >= 15 is 0 Å². The van der Waals surface area contributed by atoms with E-state index in [1.54, 1.807) is 0 Å². The standard InChI is InChI=1S/C9H9ClF3N/c10-7-2-1-6(3-8(7)11)4-9(12,13)5-14/h1-3H,4-5,14H2. The maximum atomic E-state index is 12.9. The first-order valence-electron chi connectivity index (χ1n) is 3.96. The van der Waals surface area contributed by atoms with Crippen LogP contribution >= 0.6 is 11.6 Å². The highest BCUT2D eigenvalue weighted by Gasteiger charge is 2.27. The molecule has 0 unspecified atom stereocenters. The molecule has 0 aliphatic heterocycles. The van der Waals surface area contributed by atoms with Crippen LogP contribution in [-0.4, -0.2) is 12.5 Å². The molecular formula is C9H9ClF3N. The number of rotatable bonds is 3. The Hall–Kier alpha value is -0.740. The number of alkyl halides is 2. The Morgan fingerprint density at radius 2 is 2.00 bits per heavy atom. The maximum Gasteiger partial charge on any atom is 0.264 e. The number of hydrogen-bond donors (Lipinski definition) is 1. The summed E-state index contributed by atoms with van der Waals surface area (Å²) < 4.78 is 38.4. The SMILES string of the molecule is NCC(F)(F)Cc1ccc(Cl)c(F)c1. The molecule has 0 saturated heterocycles. The minimum Gasteiger partial charge on any atom is -0.325 e. The Balaban J connectivity index is 2.83. The van der Waals surface area contributed by atoms with Crippen molar-refractivity contribution in [3.05, 3.63) is 34.6 Å². The molecule has 1 nitrogen and oxygen atoms in total. The largest absolute Gasteiger partial charge is 0.325 e. The summed E-state index contributed by atoms with van der Waals surface area (Å²) in [6.07, 6.45) is -0.572. The Morgan fingerprint density at radius 1 is 1.36 bits per heavy atom. The number of halogens is 4. The van der Waals surface area contributed by atoms with E-state index < -0.39 is 24.7 Å². The van der Waals surface area contributed by atoms with Crippen molar-refractivity contribution in [3.8, 4) is 0 Å². The van der Waals surface area contributed by atoms with Crippen molar-refractivity contribution in [3.63, 3.8) is 0 Å². The van der Waals surface area contributed by atoms with E-state index in [2.05, 4.69) is 0 Å². The predicted octanol–water partition coefficient (Wildman–Crippen LogP) is 2.62. The molecule has 0 aliphatic rings. The lowest BCUT2D eigenvalue weighted by molar-refractivity contribution is 0.0114. The fourth-order valence-electron chi connectivity index (χ4n) is 1.02. The first kappa shape index (κ1) is 11.3. The van der Waals surface area contributed by atoms with Gasteiger partial charge in [-0.15, -0.1) is 0 Å². The van der Waals surface area contributed by atoms with Gasteiger partial charge in [0, 0.05) is 6.42 Å². The highest BCUT2D eigenvalue weighted by atomic mass is 35.5. The Kier molecular flexibility index (Phi) is 3.39. The van der Waals surface area contributed by atoms with Crippen LogP contribution in [0.5, 0.6) is 0 Å². The van der Waals surface area contributed by atoms with Crippen molar-refractivity contribution in [1.29, 1.82) is 0 Å². The van der Waals surface area contributed by atoms with Crippen molar-refractivity contribution in [2.75, 3.05) is 6.54 Å². The van der Waals surface area contributed by atoms with Crippen molar-refractivity contribution < 1.29 is 13.2 Å². The lowest BCUT2D eigenvalue weighted by atomic mass is 10.1. The van der Waals surface area contributed by atoms with Crippen molar-refractivity contribution in [2.24, 2.45) is 5.73 Å². The molecule has 0 spiro atoms. The van der Waals surface area contributed by atoms with E-state index in [0.29, 0.717) is 0 Å². The Morgan fingerprint density at radius 3 is 2.50 bits per heavy atom. The van der Waals surface area contributed by atoms with Gasteiger partial charge in [0.2, 0.25) is 0 Å². The van der Waals surface area contributed by atoms with E-state index in [9.17, 15) is 13.2 Å². The second-order valence-electron chi connectivity index (χ2n) is 2.99. The minimum atomic E-state index is -3.00. The second-order valence-corrected chi connectivity index (χ2v) is 3.39. The second kappa shape index (κ2) is 4.19. The average Bonchev–Trinajstić information content (AvgIpc) is 2.11. The van der Waals surface area contributed by atoms with Gasteiger partial charge in [0.1, 0.15) is 5.82 Å². The van der Waals surface area contributed by atoms with Gasteiger partial charge in [0.05, 0.1) is 11.6 Å². The molecule has 0 amide bonds. The third-order valence-electron chi connectivity index (χ3n) is 1.75. The van der Waals surface area contributed by atoms with Gasteiger partial charge < -0.3 is 5.73 Å². The zero-order valence-corrected chi connectivity index (χ0v) is 7.99. The van der Waals surface area contributed by atoms with Gasteiger partial charge >= 0.3 is 0 Å². The van der Waals surface area contributed by atoms with Crippen molar-refractivity contribution in [2.45, 2.75) is 12.3 Å². The third kappa shape index (κ3) is 2.89. The third-order valence-corrected chi connectivity index (χ3v) is 2.05. The molecule has 0 aliphatic carbocycles. The maximum absolute atomic E-state index is 12.9.